The van der Waals surface area contributed by atoms with Crippen LogP contribution in [0.3, 0.4) is 0 Å². The summed E-state index contributed by atoms with van der Waals surface area (Å²) in [6, 6.07) is 8.30. The molecule has 4 nitrogen and oxygen atoms in total. The summed E-state index contributed by atoms with van der Waals surface area (Å²) in [5.41, 5.74) is 1.15. The Bertz CT molecular complexity index is 943. The molecule has 1 aliphatic heterocycles. The number of benzene rings is 2. The molecule has 1 amide bonds. The van der Waals surface area contributed by atoms with Gasteiger partial charge in [0.05, 0.1) is 16.9 Å². The van der Waals surface area contributed by atoms with E-state index in [2.05, 4.69) is 10.6 Å². The number of rotatable bonds is 3. The second-order valence-corrected chi connectivity index (χ2v) is 7.61. The molecular weight excluding hydrogens is 423 g/mol. The molecule has 1 aliphatic rings. The molecule has 0 radical (unpaired) electrons. The van der Waals surface area contributed by atoms with Crippen molar-refractivity contribution < 1.29 is 18.0 Å². The van der Waals surface area contributed by atoms with Gasteiger partial charge in [0.25, 0.3) is 5.91 Å². The van der Waals surface area contributed by atoms with Crippen LogP contribution in [0.15, 0.2) is 36.4 Å². The van der Waals surface area contributed by atoms with E-state index in [-0.39, 0.29) is 10.8 Å². The Hall–Kier alpha value is -2.32. The number of thiocarbonyl (C=S) groups is 1. The topological polar surface area (TPSA) is 44.4 Å². The van der Waals surface area contributed by atoms with Crippen LogP contribution in [0, 0.1) is 6.92 Å². The number of hydrogen-bond donors (Lipinski definition) is 2. The number of nitrogens with zero attached hydrogens (tertiary/aromatic N) is 1. The Morgan fingerprint density at radius 2 is 1.83 bits per heavy atom. The maximum absolute atomic E-state index is 13.2. The van der Waals surface area contributed by atoms with E-state index in [0.29, 0.717) is 16.3 Å². The molecule has 0 aromatic heterocycles. The van der Waals surface area contributed by atoms with Gasteiger partial charge in [0, 0.05) is 23.7 Å². The molecule has 9 heteroatoms. The summed E-state index contributed by atoms with van der Waals surface area (Å²) in [5, 5.41) is 5.59. The first kappa shape index (κ1) is 21.4. The van der Waals surface area contributed by atoms with Crippen molar-refractivity contribution in [2.24, 2.45) is 0 Å². The van der Waals surface area contributed by atoms with Crippen molar-refractivity contribution in [3.05, 3.63) is 58.1 Å². The molecule has 1 saturated heterocycles. The highest BCUT2D eigenvalue weighted by molar-refractivity contribution is 7.80. The van der Waals surface area contributed by atoms with E-state index in [9.17, 15) is 18.0 Å². The third-order valence-corrected chi connectivity index (χ3v) is 5.29. The molecule has 1 heterocycles. The van der Waals surface area contributed by atoms with Crippen molar-refractivity contribution in [3.63, 3.8) is 0 Å². The van der Waals surface area contributed by atoms with Gasteiger partial charge < -0.3 is 10.2 Å². The first-order valence-electron chi connectivity index (χ1n) is 9.00. The predicted molar refractivity (Wildman–Crippen MR) is 113 cm³/mol. The lowest BCUT2D eigenvalue weighted by atomic mass is 10.1. The number of carbonyl (C=O) groups excluding carboxylic acids is 1. The number of hydrogen-bond acceptors (Lipinski definition) is 3. The average Bonchev–Trinajstić information content (AvgIpc) is 3.17. The third kappa shape index (κ3) is 5.19. The normalized spacial score (nSPS) is 14.0. The van der Waals surface area contributed by atoms with Crippen LogP contribution in [0.25, 0.3) is 0 Å². The van der Waals surface area contributed by atoms with E-state index in [1.807, 2.05) is 11.8 Å². The van der Waals surface area contributed by atoms with Gasteiger partial charge in [-0.05, 0) is 67.9 Å². The zero-order valence-corrected chi connectivity index (χ0v) is 17.1. The summed E-state index contributed by atoms with van der Waals surface area (Å²) >= 11 is 11.2. The predicted octanol–water partition coefficient (Wildman–Crippen LogP) is 5.39. The lowest BCUT2D eigenvalue weighted by Gasteiger charge is -2.23. The molecule has 2 aromatic rings. The quantitative estimate of drug-likeness (QED) is 0.626. The Balaban J connectivity index is 1.80. The van der Waals surface area contributed by atoms with Gasteiger partial charge in [-0.3, -0.25) is 10.1 Å². The van der Waals surface area contributed by atoms with Crippen LogP contribution in [0.5, 0.6) is 0 Å². The standard InChI is InChI=1S/C20H19ClF3N3OS/c1-12-4-5-13(10-15(12)21)18(28)26-19(29)25-16-11-14(20(22,23)24)6-7-17(16)27-8-2-3-9-27/h4-7,10-11H,2-3,8-9H2,1H3,(H2,25,26,28,29). The molecular formula is C20H19ClF3N3OS. The van der Waals surface area contributed by atoms with Crippen LogP contribution in [-0.4, -0.2) is 24.1 Å². The largest absolute Gasteiger partial charge is 0.416 e. The second-order valence-electron chi connectivity index (χ2n) is 6.80. The number of nitrogens with one attached hydrogen (secondary N) is 2. The smallest absolute Gasteiger partial charge is 0.370 e. The van der Waals surface area contributed by atoms with E-state index in [0.717, 1.165) is 43.6 Å². The van der Waals surface area contributed by atoms with E-state index in [4.69, 9.17) is 23.8 Å². The average molecular weight is 442 g/mol. The number of halogens is 4. The van der Waals surface area contributed by atoms with Gasteiger partial charge in [0.1, 0.15) is 0 Å². The van der Waals surface area contributed by atoms with Crippen molar-refractivity contribution in [2.75, 3.05) is 23.3 Å². The van der Waals surface area contributed by atoms with Crippen molar-refractivity contribution in [3.8, 4) is 0 Å². The van der Waals surface area contributed by atoms with Crippen molar-refractivity contribution >= 4 is 46.2 Å². The van der Waals surface area contributed by atoms with Crippen LogP contribution in [0.2, 0.25) is 5.02 Å². The molecule has 0 aliphatic carbocycles. The van der Waals surface area contributed by atoms with Crippen molar-refractivity contribution in [2.45, 2.75) is 25.9 Å². The fourth-order valence-electron chi connectivity index (χ4n) is 3.11. The van der Waals surface area contributed by atoms with Gasteiger partial charge in [0.2, 0.25) is 0 Å². The van der Waals surface area contributed by atoms with Crippen LogP contribution in [0.4, 0.5) is 24.5 Å². The first-order chi connectivity index (χ1) is 13.6. The van der Waals surface area contributed by atoms with Gasteiger partial charge in [-0.15, -0.1) is 0 Å². The molecule has 0 bridgehead atoms. The summed E-state index contributed by atoms with van der Waals surface area (Å²) in [7, 11) is 0. The van der Waals surface area contributed by atoms with Gasteiger partial charge in [0.15, 0.2) is 5.11 Å². The summed E-state index contributed by atoms with van der Waals surface area (Å²) in [6.45, 7) is 3.31. The SMILES string of the molecule is Cc1ccc(C(=O)NC(=S)Nc2cc(C(F)(F)F)ccc2N2CCCC2)cc1Cl. The molecule has 0 spiro atoms. The summed E-state index contributed by atoms with van der Waals surface area (Å²) in [4.78, 5) is 14.4. The number of anilines is 2. The summed E-state index contributed by atoms with van der Waals surface area (Å²) < 4.78 is 39.5. The number of amides is 1. The van der Waals surface area contributed by atoms with Crippen LogP contribution in [-0.2, 0) is 6.18 Å². The molecule has 2 N–H and O–H groups in total. The molecule has 0 saturated carbocycles. The molecule has 154 valence electrons. The van der Waals surface area contributed by atoms with Crippen LogP contribution < -0.4 is 15.5 Å². The Morgan fingerprint density at radius 1 is 1.14 bits per heavy atom. The zero-order valence-electron chi connectivity index (χ0n) is 15.6. The second kappa shape index (κ2) is 8.59. The minimum absolute atomic E-state index is 0.0912. The highest BCUT2D eigenvalue weighted by Crippen LogP contribution is 2.36. The van der Waals surface area contributed by atoms with E-state index in [1.54, 1.807) is 12.1 Å². The van der Waals surface area contributed by atoms with Gasteiger partial charge in [-0.25, -0.2) is 0 Å². The number of aryl methyl sites for hydroxylation is 1. The Morgan fingerprint density at radius 3 is 2.45 bits per heavy atom. The Labute approximate surface area is 177 Å². The lowest BCUT2D eigenvalue weighted by molar-refractivity contribution is -0.137. The van der Waals surface area contributed by atoms with Crippen LogP contribution in [0.1, 0.15) is 34.3 Å². The molecule has 0 unspecified atom stereocenters. The third-order valence-electron chi connectivity index (χ3n) is 4.68. The fourth-order valence-corrected chi connectivity index (χ4v) is 3.49. The molecule has 0 atom stereocenters. The van der Waals surface area contributed by atoms with Crippen LogP contribution >= 0.6 is 23.8 Å². The number of alkyl halides is 3. The maximum atomic E-state index is 13.2. The lowest BCUT2D eigenvalue weighted by Crippen LogP contribution is -2.34. The van der Waals surface area contributed by atoms with Crippen molar-refractivity contribution in [1.29, 1.82) is 0 Å². The highest BCUT2D eigenvalue weighted by Gasteiger charge is 2.32. The van der Waals surface area contributed by atoms with E-state index >= 15 is 0 Å². The van der Waals surface area contributed by atoms with Crippen molar-refractivity contribution in [1.82, 2.24) is 5.32 Å². The molecule has 29 heavy (non-hydrogen) atoms. The van der Waals surface area contributed by atoms with Gasteiger partial charge >= 0.3 is 6.18 Å². The molecule has 2 aromatic carbocycles. The maximum Gasteiger partial charge on any atom is 0.416 e. The molecule has 3 rings (SSSR count). The fraction of sp³-hybridized carbons (Fsp3) is 0.300. The minimum atomic E-state index is -4.48. The van der Waals surface area contributed by atoms with E-state index < -0.39 is 17.6 Å². The number of carbonyl (C=O) groups is 1. The first-order valence-corrected chi connectivity index (χ1v) is 9.78. The zero-order chi connectivity index (χ0) is 21.2. The monoisotopic (exact) mass is 441 g/mol. The summed E-state index contributed by atoms with van der Waals surface area (Å²) in [5.74, 6) is -0.501. The molecule has 1 fully saturated rings. The minimum Gasteiger partial charge on any atom is -0.370 e. The van der Waals surface area contributed by atoms with E-state index in [1.165, 1.54) is 12.1 Å². The van der Waals surface area contributed by atoms with Gasteiger partial charge in [-0.2, -0.15) is 13.2 Å². The highest BCUT2D eigenvalue weighted by atomic mass is 35.5. The van der Waals surface area contributed by atoms with Gasteiger partial charge in [-0.1, -0.05) is 17.7 Å². The summed E-state index contributed by atoms with van der Waals surface area (Å²) in [6.07, 6.45) is -2.55. The Kier molecular flexibility index (Phi) is 6.33.